The fourth-order valence-electron chi connectivity index (χ4n) is 1.93. The van der Waals surface area contributed by atoms with Crippen molar-refractivity contribution in [3.05, 3.63) is 45.3 Å². The van der Waals surface area contributed by atoms with E-state index in [9.17, 15) is 16.8 Å². The van der Waals surface area contributed by atoms with Gasteiger partial charge in [-0.25, -0.2) is 0 Å². The van der Waals surface area contributed by atoms with Crippen LogP contribution in [0.2, 0.25) is 0 Å². The van der Waals surface area contributed by atoms with Gasteiger partial charge in [0, 0.05) is 8.95 Å². The molecule has 0 N–H and O–H groups in total. The van der Waals surface area contributed by atoms with Crippen LogP contribution >= 0.6 is 31.9 Å². The average molecular weight is 500 g/mol. The van der Waals surface area contributed by atoms with Crippen molar-refractivity contribution in [3.63, 3.8) is 0 Å². The molecule has 2 aromatic rings. The summed E-state index contributed by atoms with van der Waals surface area (Å²) in [6, 6.07) is 9.21. The third-order valence-electron chi connectivity index (χ3n) is 3.17. The molecule has 24 heavy (non-hydrogen) atoms. The Morgan fingerprint density at radius 2 is 1.04 bits per heavy atom. The third-order valence-corrected chi connectivity index (χ3v) is 7.71. The van der Waals surface area contributed by atoms with E-state index < -0.39 is 20.2 Å². The van der Waals surface area contributed by atoms with Crippen LogP contribution in [0.3, 0.4) is 0 Å². The van der Waals surface area contributed by atoms with Gasteiger partial charge in [0.25, 0.3) is 20.2 Å². The first kappa shape index (κ1) is 19.5. The lowest BCUT2D eigenvalue weighted by atomic mass is 10.1. The lowest BCUT2D eigenvalue weighted by Gasteiger charge is -2.10. The summed E-state index contributed by atoms with van der Waals surface area (Å²) in [5.41, 5.74) is 1.02. The SMILES string of the molecule is COS(=O)(=O)c1cc(-c2ccc(Br)c(S(=O)(=O)OC)c2)ccc1Br. The number of benzene rings is 2. The first-order chi connectivity index (χ1) is 11.1. The van der Waals surface area contributed by atoms with Gasteiger partial charge in [0.15, 0.2) is 0 Å². The van der Waals surface area contributed by atoms with Crippen LogP contribution in [0.25, 0.3) is 11.1 Å². The summed E-state index contributed by atoms with van der Waals surface area (Å²) in [5, 5.41) is 0. The maximum absolute atomic E-state index is 12.0. The molecule has 0 bridgehead atoms. The van der Waals surface area contributed by atoms with Crippen LogP contribution in [0, 0.1) is 0 Å². The molecular weight excluding hydrogens is 488 g/mol. The maximum Gasteiger partial charge on any atom is 0.297 e. The Morgan fingerprint density at radius 1 is 0.708 bits per heavy atom. The van der Waals surface area contributed by atoms with Crippen molar-refractivity contribution in [2.45, 2.75) is 9.79 Å². The molecule has 0 aliphatic carbocycles. The highest BCUT2D eigenvalue weighted by Crippen LogP contribution is 2.33. The van der Waals surface area contributed by atoms with E-state index >= 15 is 0 Å². The van der Waals surface area contributed by atoms with E-state index in [4.69, 9.17) is 0 Å². The molecule has 2 rings (SSSR count). The van der Waals surface area contributed by atoms with Crippen molar-refractivity contribution in [1.82, 2.24) is 0 Å². The molecule has 0 aliphatic rings. The van der Waals surface area contributed by atoms with Gasteiger partial charge in [0.05, 0.1) is 14.2 Å². The van der Waals surface area contributed by atoms with Crippen LogP contribution in [-0.2, 0) is 28.6 Å². The Kier molecular flexibility index (Phi) is 5.88. The molecule has 130 valence electrons. The van der Waals surface area contributed by atoms with Gasteiger partial charge in [0.2, 0.25) is 0 Å². The van der Waals surface area contributed by atoms with Gasteiger partial charge >= 0.3 is 0 Å². The summed E-state index contributed by atoms with van der Waals surface area (Å²) in [5.74, 6) is 0. The minimum atomic E-state index is -3.91. The number of rotatable bonds is 5. The molecule has 0 amide bonds. The summed E-state index contributed by atoms with van der Waals surface area (Å²) in [6.45, 7) is 0. The fourth-order valence-corrected chi connectivity index (χ4v) is 5.13. The standard InChI is InChI=1S/C14H12Br2O6S2/c1-21-23(17,18)13-7-9(3-5-11(13)15)10-4-6-12(16)14(8-10)24(19,20)22-2/h3-8H,1-2H3. The monoisotopic (exact) mass is 498 g/mol. The van der Waals surface area contributed by atoms with Crippen LogP contribution in [0.15, 0.2) is 55.1 Å². The second-order valence-corrected chi connectivity index (χ2v) is 9.60. The minimum Gasteiger partial charge on any atom is -0.270 e. The van der Waals surface area contributed by atoms with E-state index in [2.05, 4.69) is 40.2 Å². The van der Waals surface area contributed by atoms with Gasteiger partial charge in [-0.15, -0.1) is 0 Å². The van der Waals surface area contributed by atoms with Crippen LogP contribution < -0.4 is 0 Å². The fraction of sp³-hybridized carbons (Fsp3) is 0.143. The number of hydrogen-bond donors (Lipinski definition) is 0. The van der Waals surface area contributed by atoms with Gasteiger partial charge in [-0.05, 0) is 67.3 Å². The van der Waals surface area contributed by atoms with Crippen molar-refractivity contribution in [2.75, 3.05) is 14.2 Å². The molecule has 0 atom stereocenters. The quantitative estimate of drug-likeness (QED) is 0.584. The Hall–Kier alpha value is -0.780. The summed E-state index contributed by atoms with van der Waals surface area (Å²) in [7, 11) is -5.69. The second-order valence-electron chi connectivity index (χ2n) is 4.53. The van der Waals surface area contributed by atoms with Crippen molar-refractivity contribution in [3.8, 4) is 11.1 Å². The predicted octanol–water partition coefficient (Wildman–Crippen LogP) is 3.55. The van der Waals surface area contributed by atoms with E-state index in [0.29, 0.717) is 20.1 Å². The predicted molar refractivity (Wildman–Crippen MR) is 95.7 cm³/mol. The van der Waals surface area contributed by atoms with Gasteiger partial charge in [-0.2, -0.15) is 16.8 Å². The van der Waals surface area contributed by atoms with E-state index in [0.717, 1.165) is 14.2 Å². The van der Waals surface area contributed by atoms with E-state index in [-0.39, 0.29) is 9.79 Å². The Balaban J connectivity index is 2.67. The zero-order valence-electron chi connectivity index (χ0n) is 12.5. The van der Waals surface area contributed by atoms with E-state index in [1.807, 2.05) is 0 Å². The first-order valence-electron chi connectivity index (χ1n) is 6.33. The molecule has 0 unspecified atom stereocenters. The van der Waals surface area contributed by atoms with Gasteiger partial charge in [-0.1, -0.05) is 12.1 Å². The normalized spacial score (nSPS) is 12.3. The Labute approximate surface area is 157 Å². The number of halogens is 2. The zero-order chi connectivity index (χ0) is 18.1. The lowest BCUT2D eigenvalue weighted by Crippen LogP contribution is -2.05. The van der Waals surface area contributed by atoms with Crippen molar-refractivity contribution < 1.29 is 25.2 Å². The maximum atomic E-state index is 12.0. The highest BCUT2D eigenvalue weighted by Gasteiger charge is 2.20. The second kappa shape index (κ2) is 7.22. The highest BCUT2D eigenvalue weighted by molar-refractivity contribution is 9.10. The van der Waals surface area contributed by atoms with Gasteiger partial charge < -0.3 is 0 Å². The average Bonchev–Trinajstić information content (AvgIpc) is 2.55. The summed E-state index contributed by atoms with van der Waals surface area (Å²) in [6.07, 6.45) is 0. The van der Waals surface area contributed by atoms with Crippen molar-refractivity contribution >= 4 is 52.1 Å². The molecule has 0 aromatic heterocycles. The Bertz CT molecular complexity index is 903. The smallest absolute Gasteiger partial charge is 0.270 e. The van der Waals surface area contributed by atoms with Crippen LogP contribution in [0.4, 0.5) is 0 Å². The highest BCUT2D eigenvalue weighted by atomic mass is 79.9. The molecule has 0 spiro atoms. The summed E-state index contributed by atoms with van der Waals surface area (Å²) < 4.78 is 57.6. The molecular formula is C14H12Br2O6S2. The van der Waals surface area contributed by atoms with E-state index in [1.54, 1.807) is 24.3 Å². The van der Waals surface area contributed by atoms with E-state index in [1.165, 1.54) is 12.1 Å². The van der Waals surface area contributed by atoms with Gasteiger partial charge in [-0.3, -0.25) is 8.37 Å². The molecule has 0 saturated carbocycles. The molecule has 2 aromatic carbocycles. The molecule has 0 fully saturated rings. The molecule has 0 aliphatic heterocycles. The Morgan fingerprint density at radius 3 is 1.33 bits per heavy atom. The molecule has 0 radical (unpaired) electrons. The largest absolute Gasteiger partial charge is 0.297 e. The minimum absolute atomic E-state index is 0.0541. The van der Waals surface area contributed by atoms with Crippen LogP contribution in [0.5, 0.6) is 0 Å². The van der Waals surface area contributed by atoms with Gasteiger partial charge in [0.1, 0.15) is 9.79 Å². The van der Waals surface area contributed by atoms with Crippen LogP contribution in [0.1, 0.15) is 0 Å². The zero-order valence-corrected chi connectivity index (χ0v) is 17.3. The third kappa shape index (κ3) is 3.89. The number of hydrogen-bond acceptors (Lipinski definition) is 6. The molecule has 0 saturated heterocycles. The molecule has 0 heterocycles. The first-order valence-corrected chi connectivity index (χ1v) is 10.7. The van der Waals surface area contributed by atoms with Crippen LogP contribution in [-0.4, -0.2) is 31.1 Å². The topological polar surface area (TPSA) is 86.7 Å². The summed E-state index contributed by atoms with van der Waals surface area (Å²) in [4.78, 5) is -0.108. The molecule has 10 heteroatoms. The van der Waals surface area contributed by atoms with Crippen molar-refractivity contribution in [1.29, 1.82) is 0 Å². The lowest BCUT2D eigenvalue weighted by molar-refractivity contribution is 0.396. The molecule has 6 nitrogen and oxygen atoms in total. The van der Waals surface area contributed by atoms with Crippen molar-refractivity contribution in [2.24, 2.45) is 0 Å². The summed E-state index contributed by atoms with van der Waals surface area (Å²) >= 11 is 6.33.